The molecule has 0 saturated carbocycles. The van der Waals surface area contributed by atoms with E-state index in [-0.39, 0.29) is 24.2 Å². The van der Waals surface area contributed by atoms with Gasteiger partial charge in [-0.15, -0.1) is 12.4 Å². The van der Waals surface area contributed by atoms with Crippen molar-refractivity contribution in [3.05, 3.63) is 29.3 Å². The highest BCUT2D eigenvalue weighted by atomic mass is 35.5. The minimum Gasteiger partial charge on any atom is -0.488 e. The van der Waals surface area contributed by atoms with Crippen LogP contribution in [0.4, 0.5) is 8.78 Å². The number of hydrogen-bond donors (Lipinski definition) is 1. The molecule has 1 rings (SSSR count). The molecular formula is C12H18ClF2NO. The van der Waals surface area contributed by atoms with Crippen molar-refractivity contribution in [3.8, 4) is 5.75 Å². The maximum Gasteiger partial charge on any atom is 0.190 e. The van der Waals surface area contributed by atoms with Gasteiger partial charge in [0.25, 0.3) is 0 Å². The Balaban J connectivity index is 0.00000256. The third-order valence-electron chi connectivity index (χ3n) is 2.07. The van der Waals surface area contributed by atoms with Crippen molar-refractivity contribution in [2.45, 2.75) is 32.7 Å². The molecule has 0 aliphatic carbocycles. The van der Waals surface area contributed by atoms with Crippen LogP contribution in [0.5, 0.6) is 5.75 Å². The molecule has 2 N–H and O–H groups in total. The van der Waals surface area contributed by atoms with Crippen LogP contribution in [0.25, 0.3) is 0 Å². The van der Waals surface area contributed by atoms with Crippen LogP contribution in [0.2, 0.25) is 0 Å². The van der Waals surface area contributed by atoms with Crippen LogP contribution in [0.1, 0.15) is 25.8 Å². The Hall–Kier alpha value is -0.870. The predicted molar refractivity (Wildman–Crippen MR) is 66.7 cm³/mol. The first-order valence-electron chi connectivity index (χ1n) is 5.41. The first-order valence-corrected chi connectivity index (χ1v) is 5.41. The lowest BCUT2D eigenvalue weighted by Gasteiger charge is -2.10. The van der Waals surface area contributed by atoms with Gasteiger partial charge in [0.2, 0.25) is 0 Å². The minimum atomic E-state index is -0.663. The van der Waals surface area contributed by atoms with Crippen LogP contribution in [0, 0.1) is 11.6 Å². The molecule has 1 unspecified atom stereocenters. The lowest BCUT2D eigenvalue weighted by atomic mass is 10.1. The molecule has 1 atom stereocenters. The van der Waals surface area contributed by atoms with Gasteiger partial charge in [0.1, 0.15) is 0 Å². The zero-order valence-corrected chi connectivity index (χ0v) is 10.8. The van der Waals surface area contributed by atoms with Gasteiger partial charge in [0, 0.05) is 6.04 Å². The second-order valence-corrected chi connectivity index (χ2v) is 3.92. The predicted octanol–water partition coefficient (Wildman–Crippen LogP) is 3.07. The second kappa shape index (κ2) is 7.45. The van der Waals surface area contributed by atoms with Gasteiger partial charge in [-0.05, 0) is 37.5 Å². The van der Waals surface area contributed by atoms with Crippen molar-refractivity contribution < 1.29 is 13.5 Å². The highest BCUT2D eigenvalue weighted by Crippen LogP contribution is 2.24. The summed E-state index contributed by atoms with van der Waals surface area (Å²) in [6.45, 7) is 3.97. The molecule has 5 heteroatoms. The molecule has 0 spiro atoms. The highest BCUT2D eigenvalue weighted by Gasteiger charge is 2.12. The van der Waals surface area contributed by atoms with Gasteiger partial charge in [-0.1, -0.05) is 6.92 Å². The van der Waals surface area contributed by atoms with E-state index in [1.807, 2.05) is 6.92 Å². The summed E-state index contributed by atoms with van der Waals surface area (Å²) in [7, 11) is 0. The number of hydrogen-bond acceptors (Lipinski definition) is 2. The Kier molecular flexibility index (Phi) is 7.07. The largest absolute Gasteiger partial charge is 0.488 e. The molecule has 2 nitrogen and oxygen atoms in total. The van der Waals surface area contributed by atoms with Crippen molar-refractivity contribution >= 4 is 12.4 Å². The molecule has 0 amide bonds. The van der Waals surface area contributed by atoms with Crippen molar-refractivity contribution in [1.29, 1.82) is 0 Å². The highest BCUT2D eigenvalue weighted by molar-refractivity contribution is 5.85. The third kappa shape index (κ3) is 4.88. The molecule has 0 heterocycles. The molecule has 0 aliphatic rings. The molecule has 0 bridgehead atoms. The monoisotopic (exact) mass is 265 g/mol. The molecular weight excluding hydrogens is 248 g/mol. The van der Waals surface area contributed by atoms with Crippen molar-refractivity contribution in [2.24, 2.45) is 5.73 Å². The van der Waals surface area contributed by atoms with Gasteiger partial charge in [0.15, 0.2) is 17.4 Å². The lowest BCUT2D eigenvalue weighted by molar-refractivity contribution is 0.284. The molecule has 98 valence electrons. The average Bonchev–Trinajstić information content (AvgIpc) is 2.15. The van der Waals surface area contributed by atoms with Gasteiger partial charge in [0.05, 0.1) is 6.61 Å². The van der Waals surface area contributed by atoms with Gasteiger partial charge in [-0.25, -0.2) is 8.78 Å². The maximum absolute atomic E-state index is 13.5. The zero-order chi connectivity index (χ0) is 12.1. The Labute approximate surface area is 107 Å². The first kappa shape index (κ1) is 16.1. The van der Waals surface area contributed by atoms with Crippen molar-refractivity contribution in [3.63, 3.8) is 0 Å². The van der Waals surface area contributed by atoms with Gasteiger partial charge >= 0.3 is 0 Å². The molecule has 0 aliphatic heterocycles. The van der Waals surface area contributed by atoms with Crippen LogP contribution in [0.15, 0.2) is 12.1 Å². The smallest absolute Gasteiger partial charge is 0.190 e. The summed E-state index contributed by atoms with van der Waals surface area (Å²) in [5.41, 5.74) is 6.12. The molecule has 0 saturated heterocycles. The van der Waals surface area contributed by atoms with E-state index < -0.39 is 11.6 Å². The Morgan fingerprint density at radius 3 is 2.24 bits per heavy atom. The minimum absolute atomic E-state index is 0. The number of benzene rings is 1. The standard InChI is InChI=1S/C12H17F2NO.ClH/c1-3-4-16-12-10(13)6-9(5-8(2)15)7-11(12)14;/h6-8H,3-5,15H2,1-2H3;1H. The number of rotatable bonds is 5. The number of halogens is 3. The number of ether oxygens (including phenoxy) is 1. The maximum atomic E-state index is 13.5. The Morgan fingerprint density at radius 1 is 1.29 bits per heavy atom. The summed E-state index contributed by atoms with van der Waals surface area (Å²) in [5.74, 6) is -1.62. The Bertz CT molecular complexity index is 335. The zero-order valence-electron chi connectivity index (χ0n) is 10.0. The molecule has 1 aromatic carbocycles. The van der Waals surface area contributed by atoms with Gasteiger partial charge < -0.3 is 10.5 Å². The Morgan fingerprint density at radius 2 is 1.82 bits per heavy atom. The fraction of sp³-hybridized carbons (Fsp3) is 0.500. The van der Waals surface area contributed by atoms with Crippen molar-refractivity contribution in [2.75, 3.05) is 6.61 Å². The van der Waals surface area contributed by atoms with Gasteiger partial charge in [-0.3, -0.25) is 0 Å². The van der Waals surface area contributed by atoms with E-state index in [9.17, 15) is 8.78 Å². The van der Waals surface area contributed by atoms with Crippen LogP contribution < -0.4 is 10.5 Å². The van der Waals surface area contributed by atoms with E-state index in [1.165, 1.54) is 12.1 Å². The normalized spacial score (nSPS) is 11.8. The quantitative estimate of drug-likeness (QED) is 0.888. The van der Waals surface area contributed by atoms with E-state index >= 15 is 0 Å². The summed E-state index contributed by atoms with van der Waals surface area (Å²) in [6.07, 6.45) is 1.16. The molecule has 0 aromatic heterocycles. The van der Waals surface area contributed by atoms with E-state index in [4.69, 9.17) is 10.5 Å². The molecule has 1 aromatic rings. The fourth-order valence-corrected chi connectivity index (χ4v) is 1.44. The van der Waals surface area contributed by atoms with Crippen LogP contribution in [-0.4, -0.2) is 12.6 Å². The van der Waals surface area contributed by atoms with Crippen LogP contribution in [0.3, 0.4) is 0 Å². The summed E-state index contributed by atoms with van der Waals surface area (Å²) in [5, 5.41) is 0. The van der Waals surface area contributed by atoms with Crippen LogP contribution >= 0.6 is 12.4 Å². The summed E-state index contributed by atoms with van der Waals surface area (Å²) in [4.78, 5) is 0. The van der Waals surface area contributed by atoms with Crippen LogP contribution in [-0.2, 0) is 6.42 Å². The van der Waals surface area contributed by atoms with Crippen molar-refractivity contribution in [1.82, 2.24) is 0 Å². The fourth-order valence-electron chi connectivity index (χ4n) is 1.44. The van der Waals surface area contributed by atoms with E-state index in [0.29, 0.717) is 25.0 Å². The van der Waals surface area contributed by atoms with E-state index in [1.54, 1.807) is 6.92 Å². The lowest BCUT2D eigenvalue weighted by Crippen LogP contribution is -2.18. The molecule has 17 heavy (non-hydrogen) atoms. The second-order valence-electron chi connectivity index (χ2n) is 3.92. The summed E-state index contributed by atoms with van der Waals surface area (Å²) >= 11 is 0. The third-order valence-corrected chi connectivity index (χ3v) is 2.07. The van der Waals surface area contributed by atoms with Gasteiger partial charge in [-0.2, -0.15) is 0 Å². The topological polar surface area (TPSA) is 35.2 Å². The number of nitrogens with two attached hydrogens (primary N) is 1. The molecule has 0 radical (unpaired) electrons. The molecule has 0 fully saturated rings. The summed E-state index contributed by atoms with van der Waals surface area (Å²) < 4.78 is 32.0. The summed E-state index contributed by atoms with van der Waals surface area (Å²) in [6, 6.07) is 2.43. The average molecular weight is 266 g/mol. The van der Waals surface area contributed by atoms with E-state index in [2.05, 4.69) is 0 Å². The first-order chi connectivity index (χ1) is 7.54. The van der Waals surface area contributed by atoms with E-state index in [0.717, 1.165) is 0 Å². The SMILES string of the molecule is CCCOc1c(F)cc(CC(C)N)cc1F.Cl.